The zero-order valence-electron chi connectivity index (χ0n) is 13.1. The summed E-state index contributed by atoms with van der Waals surface area (Å²) in [7, 11) is 1.51. The fourth-order valence-corrected chi connectivity index (χ4v) is 3.37. The molecule has 1 aromatic heterocycles. The number of hydrogen-bond donors (Lipinski definition) is 1. The van der Waals surface area contributed by atoms with Crippen LogP contribution in [-0.4, -0.2) is 28.7 Å². The topological polar surface area (TPSA) is 68.5 Å². The van der Waals surface area contributed by atoms with E-state index in [9.17, 15) is 14.7 Å². The lowest BCUT2D eigenvalue weighted by Crippen LogP contribution is -2.28. The number of hydrogen-bond acceptors (Lipinski definition) is 3. The summed E-state index contributed by atoms with van der Waals surface area (Å²) in [6.07, 6.45) is 2.69. The highest BCUT2D eigenvalue weighted by Gasteiger charge is 2.30. The number of aromatic nitrogens is 1. The molecule has 1 aliphatic rings. The molecule has 0 aliphatic heterocycles. The molecule has 1 saturated carbocycles. The molecule has 6 heteroatoms. The number of aliphatic carboxylic acids is 1. The Balaban J connectivity index is 2.25. The van der Waals surface area contributed by atoms with Gasteiger partial charge in [-0.25, -0.2) is 0 Å². The van der Waals surface area contributed by atoms with Crippen LogP contribution in [-0.2, 0) is 11.2 Å². The van der Waals surface area contributed by atoms with Crippen LogP contribution in [0.5, 0.6) is 5.75 Å². The van der Waals surface area contributed by atoms with E-state index in [0.29, 0.717) is 32.9 Å². The van der Waals surface area contributed by atoms with Gasteiger partial charge in [-0.1, -0.05) is 18.0 Å². The van der Waals surface area contributed by atoms with E-state index in [1.807, 2.05) is 0 Å². The second-order valence-corrected chi connectivity index (χ2v) is 6.35. The molecule has 1 fully saturated rings. The quantitative estimate of drug-likeness (QED) is 0.925. The maximum Gasteiger partial charge on any atom is 0.307 e. The zero-order valence-corrected chi connectivity index (χ0v) is 13.8. The molecule has 1 heterocycles. The smallest absolute Gasteiger partial charge is 0.307 e. The third-order valence-electron chi connectivity index (χ3n) is 4.61. The number of rotatable bonds is 4. The predicted molar refractivity (Wildman–Crippen MR) is 87.5 cm³/mol. The van der Waals surface area contributed by atoms with Crippen molar-refractivity contribution in [1.82, 2.24) is 4.57 Å². The van der Waals surface area contributed by atoms with Crippen LogP contribution in [0.3, 0.4) is 0 Å². The Morgan fingerprint density at radius 3 is 2.61 bits per heavy atom. The monoisotopic (exact) mass is 335 g/mol. The van der Waals surface area contributed by atoms with Gasteiger partial charge < -0.3 is 9.84 Å². The highest BCUT2D eigenvalue weighted by molar-refractivity contribution is 6.33. The van der Waals surface area contributed by atoms with Gasteiger partial charge in [0.15, 0.2) is 0 Å². The third kappa shape index (κ3) is 2.59. The average molecular weight is 336 g/mol. The predicted octanol–water partition coefficient (Wildman–Crippen LogP) is 3.68. The number of nitrogens with zero attached hydrogens (tertiary/aromatic N) is 1. The van der Waals surface area contributed by atoms with Gasteiger partial charge in [-0.05, 0) is 37.5 Å². The number of methoxy groups -OCH3 is 1. The maximum atomic E-state index is 12.8. The van der Waals surface area contributed by atoms with E-state index < -0.39 is 5.97 Å². The number of benzene rings is 1. The van der Waals surface area contributed by atoms with Crippen molar-refractivity contribution in [3.8, 4) is 5.75 Å². The molecule has 0 bridgehead atoms. The molecule has 23 heavy (non-hydrogen) atoms. The molecule has 3 rings (SSSR count). The molecular formula is C17H18ClNO4. The highest BCUT2D eigenvalue weighted by atomic mass is 35.5. The number of carbonyl (C=O) groups excluding carboxylic acids is 1. The van der Waals surface area contributed by atoms with E-state index in [-0.39, 0.29) is 18.2 Å². The Morgan fingerprint density at radius 2 is 2.09 bits per heavy atom. The SMILES string of the molecule is COc1cc2c(CC(=O)O)c(C)n(C(=O)C3CCC3)c2cc1Cl. The van der Waals surface area contributed by atoms with Gasteiger partial charge in [-0.2, -0.15) is 0 Å². The molecule has 0 saturated heterocycles. The van der Waals surface area contributed by atoms with Crippen LogP contribution in [0.15, 0.2) is 12.1 Å². The summed E-state index contributed by atoms with van der Waals surface area (Å²) >= 11 is 6.21. The Labute approximate surface area is 138 Å². The lowest BCUT2D eigenvalue weighted by atomic mass is 9.84. The van der Waals surface area contributed by atoms with Crippen molar-refractivity contribution in [3.63, 3.8) is 0 Å². The van der Waals surface area contributed by atoms with E-state index in [2.05, 4.69) is 0 Å². The lowest BCUT2D eigenvalue weighted by Gasteiger charge is -2.25. The number of carbonyl (C=O) groups is 2. The minimum Gasteiger partial charge on any atom is -0.495 e. The second kappa shape index (κ2) is 5.89. The minimum atomic E-state index is -0.933. The Hall–Kier alpha value is -2.01. The summed E-state index contributed by atoms with van der Waals surface area (Å²) in [6, 6.07) is 3.40. The molecule has 2 aromatic rings. The standard InChI is InChI=1S/C17H18ClNO4/c1-9-11(7-16(20)21)12-6-15(23-2)13(18)8-14(12)19(9)17(22)10-4-3-5-10/h6,8,10H,3-5,7H2,1-2H3,(H,20,21). The van der Waals surface area contributed by atoms with E-state index in [1.54, 1.807) is 23.6 Å². The van der Waals surface area contributed by atoms with Crippen molar-refractivity contribution in [2.24, 2.45) is 5.92 Å². The fourth-order valence-electron chi connectivity index (χ4n) is 3.13. The molecule has 0 amide bonds. The number of carboxylic acid groups (broad SMARTS) is 1. The van der Waals surface area contributed by atoms with E-state index >= 15 is 0 Å². The van der Waals surface area contributed by atoms with Crippen LogP contribution in [0.2, 0.25) is 5.02 Å². The van der Waals surface area contributed by atoms with Crippen LogP contribution >= 0.6 is 11.6 Å². The third-order valence-corrected chi connectivity index (χ3v) is 4.91. The summed E-state index contributed by atoms with van der Waals surface area (Å²) in [5.74, 6) is -0.421. The highest BCUT2D eigenvalue weighted by Crippen LogP contribution is 2.37. The van der Waals surface area contributed by atoms with Crippen molar-refractivity contribution in [1.29, 1.82) is 0 Å². The Kier molecular flexibility index (Phi) is 4.06. The number of halogens is 1. The first-order chi connectivity index (χ1) is 10.9. The van der Waals surface area contributed by atoms with Crippen molar-refractivity contribution in [2.45, 2.75) is 32.6 Å². The second-order valence-electron chi connectivity index (χ2n) is 5.94. The van der Waals surface area contributed by atoms with Gasteiger partial charge >= 0.3 is 5.97 Å². The molecule has 0 spiro atoms. The van der Waals surface area contributed by atoms with Crippen molar-refractivity contribution >= 4 is 34.4 Å². The summed E-state index contributed by atoms with van der Waals surface area (Å²) < 4.78 is 6.86. The normalized spacial score (nSPS) is 14.7. The molecule has 1 N–H and O–H groups in total. The van der Waals surface area contributed by atoms with Crippen LogP contribution < -0.4 is 4.74 Å². The molecule has 122 valence electrons. The van der Waals surface area contributed by atoms with E-state index in [1.165, 1.54) is 7.11 Å². The Bertz CT molecular complexity index is 805. The maximum absolute atomic E-state index is 12.8. The first kappa shape index (κ1) is 15.9. The van der Waals surface area contributed by atoms with Crippen LogP contribution in [0.25, 0.3) is 10.9 Å². The summed E-state index contributed by atoms with van der Waals surface area (Å²) in [5.41, 5.74) is 1.96. The molecule has 1 aromatic carbocycles. The van der Waals surface area contributed by atoms with Gasteiger partial charge in [0.25, 0.3) is 0 Å². The number of fused-ring (bicyclic) bond motifs is 1. The first-order valence-electron chi connectivity index (χ1n) is 7.57. The fraction of sp³-hybridized carbons (Fsp3) is 0.412. The van der Waals surface area contributed by atoms with Crippen molar-refractivity contribution in [3.05, 3.63) is 28.4 Å². The summed E-state index contributed by atoms with van der Waals surface area (Å²) in [6.45, 7) is 1.79. The van der Waals surface area contributed by atoms with Gasteiger partial charge in [-0.15, -0.1) is 0 Å². The number of carboxylic acids is 1. The molecular weight excluding hydrogens is 318 g/mol. The first-order valence-corrected chi connectivity index (χ1v) is 7.95. The molecule has 5 nitrogen and oxygen atoms in total. The minimum absolute atomic E-state index is 0.0165. The van der Waals surface area contributed by atoms with Crippen LogP contribution in [0, 0.1) is 12.8 Å². The van der Waals surface area contributed by atoms with Gasteiger partial charge in [0.05, 0.1) is 24.1 Å². The molecule has 0 radical (unpaired) electrons. The summed E-state index contributed by atoms with van der Waals surface area (Å²) in [4.78, 5) is 24.0. The van der Waals surface area contributed by atoms with Crippen molar-refractivity contribution < 1.29 is 19.4 Å². The van der Waals surface area contributed by atoms with E-state index in [4.69, 9.17) is 16.3 Å². The molecule has 0 atom stereocenters. The van der Waals surface area contributed by atoms with E-state index in [0.717, 1.165) is 19.3 Å². The van der Waals surface area contributed by atoms with Gasteiger partial charge in [0.2, 0.25) is 5.91 Å². The lowest BCUT2D eigenvalue weighted by molar-refractivity contribution is -0.136. The average Bonchev–Trinajstić information content (AvgIpc) is 2.67. The summed E-state index contributed by atoms with van der Waals surface area (Å²) in [5, 5.41) is 10.3. The molecule has 0 unspecified atom stereocenters. The zero-order chi connectivity index (χ0) is 16.7. The van der Waals surface area contributed by atoms with Crippen LogP contribution in [0.4, 0.5) is 0 Å². The van der Waals surface area contributed by atoms with Crippen molar-refractivity contribution in [2.75, 3.05) is 7.11 Å². The Morgan fingerprint density at radius 1 is 1.39 bits per heavy atom. The molecule has 1 aliphatic carbocycles. The van der Waals surface area contributed by atoms with Gasteiger partial charge in [0, 0.05) is 17.0 Å². The number of ether oxygens (including phenoxy) is 1. The van der Waals surface area contributed by atoms with Crippen LogP contribution in [0.1, 0.15) is 35.3 Å². The largest absolute Gasteiger partial charge is 0.495 e. The van der Waals surface area contributed by atoms with Gasteiger partial charge in [-0.3, -0.25) is 14.2 Å². The van der Waals surface area contributed by atoms with Gasteiger partial charge in [0.1, 0.15) is 5.75 Å².